The van der Waals surface area contributed by atoms with Gasteiger partial charge in [0.2, 0.25) is 5.82 Å². The highest BCUT2D eigenvalue weighted by atomic mass is 79.9. The van der Waals surface area contributed by atoms with Crippen molar-refractivity contribution in [1.82, 2.24) is 10.1 Å². The van der Waals surface area contributed by atoms with Crippen LogP contribution < -0.4 is 4.74 Å². The lowest BCUT2D eigenvalue weighted by Gasteiger charge is -2.04. The van der Waals surface area contributed by atoms with E-state index in [2.05, 4.69) is 26.1 Å². The maximum absolute atomic E-state index is 11.0. The van der Waals surface area contributed by atoms with Crippen molar-refractivity contribution in [1.29, 1.82) is 0 Å². The molecule has 1 aromatic heterocycles. The smallest absolute Gasteiger partial charge is 0.310 e. The van der Waals surface area contributed by atoms with Gasteiger partial charge in [-0.3, -0.25) is 10.1 Å². The third kappa shape index (κ3) is 3.60. The third-order valence-electron chi connectivity index (χ3n) is 3.21. The Balaban J connectivity index is 1.77. The molecule has 0 aliphatic rings. The zero-order valence-corrected chi connectivity index (χ0v) is 14.2. The van der Waals surface area contributed by atoms with Gasteiger partial charge in [0.05, 0.1) is 4.92 Å². The van der Waals surface area contributed by atoms with Gasteiger partial charge in [-0.1, -0.05) is 39.3 Å². The largest absolute Gasteiger partial charge is 0.477 e. The van der Waals surface area contributed by atoms with Crippen LogP contribution in [0.3, 0.4) is 0 Å². The van der Waals surface area contributed by atoms with Crippen LogP contribution in [-0.2, 0) is 6.61 Å². The average Bonchev–Trinajstić information content (AvgIpc) is 3.01. The van der Waals surface area contributed by atoms with E-state index in [0.717, 1.165) is 15.6 Å². The van der Waals surface area contributed by atoms with Crippen molar-refractivity contribution in [3.8, 4) is 17.1 Å². The number of benzene rings is 2. The number of ether oxygens (including phenoxy) is 1. The highest BCUT2D eigenvalue weighted by Crippen LogP contribution is 2.28. The molecule has 0 unspecified atom stereocenters. The topological polar surface area (TPSA) is 91.3 Å². The van der Waals surface area contributed by atoms with Crippen molar-refractivity contribution in [3.63, 3.8) is 0 Å². The quantitative estimate of drug-likeness (QED) is 0.477. The average molecular weight is 390 g/mol. The van der Waals surface area contributed by atoms with Crippen LogP contribution in [0, 0.1) is 17.0 Å². The van der Waals surface area contributed by atoms with Gasteiger partial charge in [0.25, 0.3) is 5.89 Å². The van der Waals surface area contributed by atoms with Gasteiger partial charge in [-0.05, 0) is 30.7 Å². The van der Waals surface area contributed by atoms with Gasteiger partial charge in [0, 0.05) is 16.1 Å². The van der Waals surface area contributed by atoms with Crippen molar-refractivity contribution in [2.24, 2.45) is 0 Å². The predicted octanol–water partition coefficient (Wildman–Crippen LogP) is 4.29. The Labute approximate surface area is 145 Å². The molecule has 3 aromatic rings. The van der Waals surface area contributed by atoms with Crippen LogP contribution in [0.4, 0.5) is 5.69 Å². The number of rotatable bonds is 5. The first-order valence-electron chi connectivity index (χ1n) is 6.99. The van der Waals surface area contributed by atoms with Crippen LogP contribution in [0.2, 0.25) is 0 Å². The summed E-state index contributed by atoms with van der Waals surface area (Å²) in [6.07, 6.45) is 0. The van der Waals surface area contributed by atoms with E-state index in [9.17, 15) is 10.1 Å². The lowest BCUT2D eigenvalue weighted by molar-refractivity contribution is -0.386. The normalized spacial score (nSPS) is 10.6. The molecule has 0 saturated heterocycles. The summed E-state index contributed by atoms with van der Waals surface area (Å²) >= 11 is 3.38. The number of nitro groups is 1. The Kier molecular flexibility index (Phi) is 4.57. The van der Waals surface area contributed by atoms with Gasteiger partial charge in [-0.2, -0.15) is 4.98 Å². The first kappa shape index (κ1) is 16.1. The molecule has 0 aliphatic carbocycles. The van der Waals surface area contributed by atoms with Crippen LogP contribution in [0.25, 0.3) is 11.4 Å². The first-order valence-corrected chi connectivity index (χ1v) is 7.78. The van der Waals surface area contributed by atoms with Crippen LogP contribution in [0.1, 0.15) is 11.5 Å². The van der Waals surface area contributed by atoms with E-state index >= 15 is 0 Å². The van der Waals surface area contributed by atoms with Gasteiger partial charge in [0.15, 0.2) is 12.4 Å². The van der Waals surface area contributed by atoms with Gasteiger partial charge in [-0.25, -0.2) is 0 Å². The molecule has 0 atom stereocenters. The number of aryl methyl sites for hydroxylation is 1. The molecule has 3 rings (SSSR count). The fraction of sp³-hybridized carbons (Fsp3) is 0.125. The lowest BCUT2D eigenvalue weighted by atomic mass is 10.2. The predicted molar refractivity (Wildman–Crippen MR) is 89.6 cm³/mol. The van der Waals surface area contributed by atoms with E-state index in [1.54, 1.807) is 12.1 Å². The Bertz CT molecular complexity index is 895. The molecule has 0 fully saturated rings. The van der Waals surface area contributed by atoms with E-state index in [1.165, 1.54) is 6.07 Å². The molecule has 0 N–H and O–H groups in total. The number of hydrogen-bond donors (Lipinski definition) is 0. The van der Waals surface area contributed by atoms with Crippen molar-refractivity contribution < 1.29 is 14.2 Å². The number of aromatic nitrogens is 2. The number of nitrogens with zero attached hydrogens (tertiary/aromatic N) is 3. The highest BCUT2D eigenvalue weighted by molar-refractivity contribution is 9.10. The molecule has 7 nitrogen and oxygen atoms in total. The maximum atomic E-state index is 11.0. The molecule has 0 spiro atoms. The summed E-state index contributed by atoms with van der Waals surface area (Å²) in [6.45, 7) is 1.78. The Hall–Kier alpha value is -2.74. The number of hydrogen-bond acceptors (Lipinski definition) is 6. The summed E-state index contributed by atoms with van der Waals surface area (Å²) in [6, 6.07) is 12.1. The van der Waals surface area contributed by atoms with E-state index in [4.69, 9.17) is 9.26 Å². The lowest BCUT2D eigenvalue weighted by Crippen LogP contribution is -2.00. The summed E-state index contributed by atoms with van der Waals surface area (Å²) in [5.74, 6) is 0.830. The molecule has 0 saturated carbocycles. The summed E-state index contributed by atoms with van der Waals surface area (Å²) in [5, 5.41) is 14.9. The zero-order chi connectivity index (χ0) is 17.1. The Morgan fingerprint density at radius 2 is 2.12 bits per heavy atom. The third-order valence-corrected chi connectivity index (χ3v) is 3.71. The molecule has 0 radical (unpaired) electrons. The summed E-state index contributed by atoms with van der Waals surface area (Å²) in [7, 11) is 0. The highest BCUT2D eigenvalue weighted by Gasteiger charge is 2.16. The molecule has 0 aliphatic heterocycles. The molecular weight excluding hydrogens is 378 g/mol. The van der Waals surface area contributed by atoms with Crippen molar-refractivity contribution in [3.05, 3.63) is 68.5 Å². The van der Waals surface area contributed by atoms with Crippen molar-refractivity contribution in [2.45, 2.75) is 13.5 Å². The molecule has 2 aromatic carbocycles. The van der Waals surface area contributed by atoms with Gasteiger partial charge >= 0.3 is 5.69 Å². The summed E-state index contributed by atoms with van der Waals surface area (Å²) < 4.78 is 11.5. The van der Waals surface area contributed by atoms with Crippen molar-refractivity contribution >= 4 is 21.6 Å². The molecule has 8 heteroatoms. The van der Waals surface area contributed by atoms with Crippen molar-refractivity contribution in [2.75, 3.05) is 0 Å². The minimum Gasteiger partial charge on any atom is -0.477 e. The number of halogens is 1. The molecule has 24 heavy (non-hydrogen) atoms. The molecule has 122 valence electrons. The standard InChI is InChI=1S/C16H12BrN3O4/c1-10-5-6-13(20(21)22)14(7-10)23-9-15-18-16(19-24-15)11-3-2-4-12(17)8-11/h2-8H,9H2,1H3. The minimum absolute atomic E-state index is 0.0503. The fourth-order valence-electron chi connectivity index (χ4n) is 2.09. The van der Waals surface area contributed by atoms with Crippen LogP contribution in [0.15, 0.2) is 51.5 Å². The minimum atomic E-state index is -0.491. The zero-order valence-electron chi connectivity index (χ0n) is 12.6. The molecule has 0 amide bonds. The fourth-order valence-corrected chi connectivity index (χ4v) is 2.48. The summed E-state index contributed by atoms with van der Waals surface area (Å²) in [4.78, 5) is 14.8. The second-order valence-corrected chi connectivity index (χ2v) is 5.95. The van der Waals surface area contributed by atoms with Gasteiger partial charge in [0.1, 0.15) is 0 Å². The monoisotopic (exact) mass is 389 g/mol. The Morgan fingerprint density at radius 3 is 2.88 bits per heavy atom. The second-order valence-electron chi connectivity index (χ2n) is 5.04. The second kappa shape index (κ2) is 6.79. The SMILES string of the molecule is Cc1ccc([N+](=O)[O-])c(OCc2nc(-c3cccc(Br)c3)no2)c1. The van der Waals surface area contributed by atoms with E-state index in [1.807, 2.05) is 31.2 Å². The molecular formula is C16H12BrN3O4. The maximum Gasteiger partial charge on any atom is 0.310 e. The summed E-state index contributed by atoms with van der Waals surface area (Å²) in [5.41, 5.74) is 1.55. The van der Waals surface area contributed by atoms with E-state index in [-0.39, 0.29) is 23.9 Å². The van der Waals surface area contributed by atoms with Crippen LogP contribution in [0.5, 0.6) is 5.75 Å². The van der Waals surface area contributed by atoms with E-state index in [0.29, 0.717) is 5.82 Å². The van der Waals surface area contributed by atoms with Crippen LogP contribution >= 0.6 is 15.9 Å². The molecule has 1 heterocycles. The van der Waals surface area contributed by atoms with Gasteiger partial charge in [-0.15, -0.1) is 0 Å². The van der Waals surface area contributed by atoms with Crippen LogP contribution in [-0.4, -0.2) is 15.1 Å². The number of nitro benzene ring substituents is 1. The van der Waals surface area contributed by atoms with E-state index < -0.39 is 4.92 Å². The first-order chi connectivity index (χ1) is 11.5. The Morgan fingerprint density at radius 1 is 1.29 bits per heavy atom. The van der Waals surface area contributed by atoms with Gasteiger partial charge < -0.3 is 9.26 Å². The molecule has 0 bridgehead atoms.